The van der Waals surface area contributed by atoms with Crippen LogP contribution in [0.5, 0.6) is 0 Å². The number of hydrogen-bond acceptors (Lipinski definition) is 5. The van der Waals surface area contributed by atoms with Gasteiger partial charge in [0.15, 0.2) is 11.2 Å². The summed E-state index contributed by atoms with van der Waals surface area (Å²) in [4.78, 5) is 35.0. The van der Waals surface area contributed by atoms with E-state index in [1.165, 1.54) is 27.4 Å². The monoisotopic (exact) mass is 472 g/mol. The molecule has 3 aromatic rings. The van der Waals surface area contributed by atoms with Crippen molar-refractivity contribution >= 4 is 28.5 Å². The van der Waals surface area contributed by atoms with Crippen molar-refractivity contribution in [2.75, 3.05) is 31.1 Å². The van der Waals surface area contributed by atoms with E-state index >= 15 is 0 Å². The largest absolute Gasteiger partial charge is 0.369 e. The lowest BCUT2D eigenvalue weighted by Crippen LogP contribution is -2.46. The summed E-state index contributed by atoms with van der Waals surface area (Å²) >= 11 is 6.23. The number of fused-ring (bicyclic) bond motifs is 1. The maximum atomic E-state index is 13.0. The predicted molar refractivity (Wildman–Crippen MR) is 133 cm³/mol. The van der Waals surface area contributed by atoms with Crippen molar-refractivity contribution in [1.29, 1.82) is 0 Å². The van der Waals surface area contributed by atoms with E-state index in [4.69, 9.17) is 16.6 Å². The number of benzene rings is 1. The molecule has 1 aliphatic rings. The minimum atomic E-state index is -0.349. The smallest absolute Gasteiger partial charge is 0.332 e. The summed E-state index contributed by atoms with van der Waals surface area (Å²) in [5.74, 6) is 1.34. The number of aryl methyl sites for hydroxylation is 3. The molecule has 0 bridgehead atoms. The zero-order valence-electron chi connectivity index (χ0n) is 20.1. The van der Waals surface area contributed by atoms with Gasteiger partial charge in [-0.05, 0) is 37.0 Å². The van der Waals surface area contributed by atoms with E-state index in [1.807, 2.05) is 16.7 Å². The van der Waals surface area contributed by atoms with E-state index in [2.05, 4.69) is 36.6 Å². The van der Waals surface area contributed by atoms with Crippen LogP contribution in [-0.2, 0) is 27.2 Å². The first-order valence-electron chi connectivity index (χ1n) is 11.6. The highest BCUT2D eigenvalue weighted by Crippen LogP contribution is 2.26. The number of aromatic nitrogens is 4. The molecule has 0 amide bonds. The Kier molecular flexibility index (Phi) is 6.68. The highest BCUT2D eigenvalue weighted by atomic mass is 35.5. The van der Waals surface area contributed by atoms with Crippen molar-refractivity contribution in [3.05, 3.63) is 55.4 Å². The molecule has 9 heteroatoms. The van der Waals surface area contributed by atoms with Crippen LogP contribution in [0.25, 0.3) is 11.2 Å². The van der Waals surface area contributed by atoms with Crippen LogP contribution in [0.4, 0.5) is 5.69 Å². The van der Waals surface area contributed by atoms with Crippen molar-refractivity contribution in [2.24, 2.45) is 20.0 Å². The number of rotatable bonds is 6. The Morgan fingerprint density at radius 2 is 1.76 bits per heavy atom. The Labute approximate surface area is 199 Å². The average Bonchev–Trinajstić information content (AvgIpc) is 3.15. The number of halogens is 1. The van der Waals surface area contributed by atoms with E-state index in [-0.39, 0.29) is 11.2 Å². The van der Waals surface area contributed by atoms with Gasteiger partial charge < -0.3 is 9.47 Å². The molecule has 4 rings (SSSR count). The number of piperazine rings is 1. The second kappa shape index (κ2) is 9.35. The molecule has 0 aliphatic carbocycles. The summed E-state index contributed by atoms with van der Waals surface area (Å²) < 4.78 is 4.68. The van der Waals surface area contributed by atoms with Crippen molar-refractivity contribution in [1.82, 2.24) is 23.6 Å². The third-order valence-corrected chi connectivity index (χ3v) is 6.84. The van der Waals surface area contributed by atoms with E-state index in [0.717, 1.165) is 43.4 Å². The topological polar surface area (TPSA) is 68.3 Å². The molecule has 8 nitrogen and oxygen atoms in total. The van der Waals surface area contributed by atoms with E-state index in [1.54, 1.807) is 7.05 Å². The Morgan fingerprint density at radius 1 is 1.06 bits per heavy atom. The number of nitrogens with zero attached hydrogens (tertiary/aromatic N) is 6. The highest BCUT2D eigenvalue weighted by Gasteiger charge is 2.23. The van der Waals surface area contributed by atoms with Gasteiger partial charge in [0, 0.05) is 57.5 Å². The molecule has 0 spiro atoms. The SMILES string of the molecule is Cc1ccc(Cl)cc1N1CCN(Cc2nc3c(c(=O)n(C)c(=O)n3C)n2CCC(C)C)CC1. The predicted octanol–water partition coefficient (Wildman–Crippen LogP) is 2.76. The van der Waals surface area contributed by atoms with Crippen LogP contribution >= 0.6 is 11.6 Å². The van der Waals surface area contributed by atoms with Gasteiger partial charge in [-0.3, -0.25) is 18.8 Å². The average molecular weight is 473 g/mol. The fourth-order valence-electron chi connectivity index (χ4n) is 4.51. The molecule has 0 atom stereocenters. The van der Waals surface area contributed by atoms with Gasteiger partial charge in [-0.1, -0.05) is 31.5 Å². The Bertz CT molecular complexity index is 1280. The van der Waals surface area contributed by atoms with Crippen LogP contribution in [0, 0.1) is 12.8 Å². The third kappa shape index (κ3) is 4.59. The van der Waals surface area contributed by atoms with Crippen LogP contribution in [0.1, 0.15) is 31.7 Å². The zero-order valence-corrected chi connectivity index (χ0v) is 20.9. The fraction of sp³-hybridized carbons (Fsp3) is 0.542. The lowest BCUT2D eigenvalue weighted by atomic mass is 10.1. The maximum absolute atomic E-state index is 13.0. The highest BCUT2D eigenvalue weighted by molar-refractivity contribution is 6.30. The quantitative estimate of drug-likeness (QED) is 0.551. The van der Waals surface area contributed by atoms with Gasteiger partial charge in [0.25, 0.3) is 5.56 Å². The molecule has 0 radical (unpaired) electrons. The summed E-state index contributed by atoms with van der Waals surface area (Å²) in [6.07, 6.45) is 0.937. The molecule has 1 aliphatic heterocycles. The van der Waals surface area contributed by atoms with Crippen molar-refractivity contribution < 1.29 is 0 Å². The lowest BCUT2D eigenvalue weighted by Gasteiger charge is -2.36. The standard InChI is InChI=1S/C24H33ClN6O2/c1-16(2)8-9-31-20(26-22-21(31)23(32)28(5)24(33)27(22)4)15-29-10-12-30(13-11-29)19-14-18(25)7-6-17(19)3/h6-7,14,16H,8-13,15H2,1-5H3. The molecule has 2 aromatic heterocycles. The third-order valence-electron chi connectivity index (χ3n) is 6.61. The number of anilines is 1. The lowest BCUT2D eigenvalue weighted by molar-refractivity contribution is 0.240. The summed E-state index contributed by atoms with van der Waals surface area (Å²) in [6.45, 7) is 11.4. The van der Waals surface area contributed by atoms with Crippen molar-refractivity contribution in [3.8, 4) is 0 Å². The van der Waals surface area contributed by atoms with Crippen LogP contribution in [0.15, 0.2) is 27.8 Å². The van der Waals surface area contributed by atoms with Crippen molar-refractivity contribution in [2.45, 2.75) is 40.3 Å². The molecule has 3 heterocycles. The first kappa shape index (κ1) is 23.6. The molecule has 0 unspecified atom stereocenters. The van der Waals surface area contributed by atoms with Crippen LogP contribution in [0.3, 0.4) is 0 Å². The maximum Gasteiger partial charge on any atom is 0.332 e. The summed E-state index contributed by atoms with van der Waals surface area (Å²) in [6, 6.07) is 6.02. The first-order valence-corrected chi connectivity index (χ1v) is 11.9. The van der Waals surface area contributed by atoms with Gasteiger partial charge in [0.2, 0.25) is 0 Å². The Morgan fingerprint density at radius 3 is 2.42 bits per heavy atom. The first-order chi connectivity index (χ1) is 15.7. The zero-order chi connectivity index (χ0) is 23.9. The summed E-state index contributed by atoms with van der Waals surface area (Å²) in [5, 5.41) is 0.754. The van der Waals surface area contributed by atoms with Crippen molar-refractivity contribution in [3.63, 3.8) is 0 Å². The van der Waals surface area contributed by atoms with E-state index in [9.17, 15) is 9.59 Å². The van der Waals surface area contributed by atoms with E-state index in [0.29, 0.717) is 30.2 Å². The molecule has 1 saturated heterocycles. The van der Waals surface area contributed by atoms with Gasteiger partial charge in [-0.15, -0.1) is 0 Å². The fourth-order valence-corrected chi connectivity index (χ4v) is 4.68. The molecule has 178 valence electrons. The minimum absolute atomic E-state index is 0.281. The minimum Gasteiger partial charge on any atom is -0.369 e. The second-order valence-corrected chi connectivity index (χ2v) is 9.87. The van der Waals surface area contributed by atoms with Gasteiger partial charge in [0.05, 0.1) is 6.54 Å². The summed E-state index contributed by atoms with van der Waals surface area (Å²) in [7, 11) is 3.21. The molecule has 0 saturated carbocycles. The van der Waals surface area contributed by atoms with Gasteiger partial charge >= 0.3 is 5.69 Å². The Balaban J connectivity index is 1.61. The van der Waals surface area contributed by atoms with Gasteiger partial charge in [-0.25, -0.2) is 9.78 Å². The molecular formula is C24H33ClN6O2. The van der Waals surface area contributed by atoms with Crippen LogP contribution in [0.2, 0.25) is 5.02 Å². The number of imidazole rings is 1. The van der Waals surface area contributed by atoms with Crippen LogP contribution in [-0.4, -0.2) is 49.8 Å². The number of hydrogen-bond donors (Lipinski definition) is 0. The Hall–Kier alpha value is -2.58. The van der Waals surface area contributed by atoms with Gasteiger partial charge in [0.1, 0.15) is 5.82 Å². The van der Waals surface area contributed by atoms with E-state index < -0.39 is 0 Å². The molecule has 1 fully saturated rings. The molecule has 0 N–H and O–H groups in total. The molecular weight excluding hydrogens is 440 g/mol. The molecule has 33 heavy (non-hydrogen) atoms. The van der Waals surface area contributed by atoms with Gasteiger partial charge in [-0.2, -0.15) is 0 Å². The second-order valence-electron chi connectivity index (χ2n) is 9.43. The summed E-state index contributed by atoms with van der Waals surface area (Å²) in [5.41, 5.74) is 2.76. The normalized spacial score (nSPS) is 15.2. The molecule has 1 aromatic carbocycles. The van der Waals surface area contributed by atoms with Crippen LogP contribution < -0.4 is 16.1 Å².